The minimum absolute atomic E-state index is 0.242. The third-order valence-corrected chi connectivity index (χ3v) is 4.20. The zero-order chi connectivity index (χ0) is 17.9. The van der Waals surface area contributed by atoms with Gasteiger partial charge in [0, 0.05) is 18.0 Å². The Bertz CT molecular complexity index is 1140. The van der Waals surface area contributed by atoms with Gasteiger partial charge in [0.15, 0.2) is 11.3 Å². The Labute approximate surface area is 149 Å². The highest BCUT2D eigenvalue weighted by atomic mass is 16.5. The van der Waals surface area contributed by atoms with Gasteiger partial charge in [-0.3, -0.25) is 9.78 Å². The van der Waals surface area contributed by atoms with E-state index in [1.165, 1.54) is 0 Å². The van der Waals surface area contributed by atoms with Crippen molar-refractivity contribution in [3.63, 3.8) is 0 Å². The van der Waals surface area contributed by atoms with Gasteiger partial charge in [-0.05, 0) is 35.8 Å². The summed E-state index contributed by atoms with van der Waals surface area (Å²) in [7, 11) is 0. The Hall–Kier alpha value is -3.54. The second-order valence-electron chi connectivity index (χ2n) is 5.80. The van der Waals surface area contributed by atoms with Gasteiger partial charge in [-0.25, -0.2) is 5.10 Å². The summed E-state index contributed by atoms with van der Waals surface area (Å²) in [5.41, 5.74) is 3.54. The van der Waals surface area contributed by atoms with Gasteiger partial charge in [-0.15, -0.1) is 0 Å². The molecule has 0 aliphatic rings. The largest absolute Gasteiger partial charge is 0.355 e. The molecule has 0 saturated carbocycles. The molecule has 3 aromatic heterocycles. The maximum atomic E-state index is 12.1. The standard InChI is InChI=1S/C20H16N4O2/c1-2-14-7-3-4-8-15(14)18-17-16(10-9-13-6-5-11-21-12-13)26-24-19(17)20(25)23-22-18/h3-12H,2H2,1H3,(H,23,25). The maximum absolute atomic E-state index is 12.1. The first-order valence-electron chi connectivity index (χ1n) is 8.32. The first kappa shape index (κ1) is 16.0. The van der Waals surface area contributed by atoms with E-state index < -0.39 is 0 Å². The van der Waals surface area contributed by atoms with Crippen LogP contribution in [0.3, 0.4) is 0 Å². The molecule has 0 bridgehead atoms. The number of rotatable bonds is 4. The van der Waals surface area contributed by atoms with E-state index in [0.29, 0.717) is 16.8 Å². The van der Waals surface area contributed by atoms with Crippen molar-refractivity contribution in [1.29, 1.82) is 0 Å². The molecule has 0 aliphatic carbocycles. The van der Waals surface area contributed by atoms with Crippen molar-refractivity contribution in [3.05, 3.63) is 76.0 Å². The normalized spacial score (nSPS) is 11.4. The molecule has 128 valence electrons. The van der Waals surface area contributed by atoms with Crippen molar-refractivity contribution in [3.8, 4) is 11.3 Å². The molecule has 0 aliphatic heterocycles. The van der Waals surface area contributed by atoms with Gasteiger partial charge in [0.05, 0.1) is 5.39 Å². The third kappa shape index (κ3) is 2.82. The minimum Gasteiger partial charge on any atom is -0.355 e. The van der Waals surface area contributed by atoms with Gasteiger partial charge in [-0.1, -0.05) is 42.4 Å². The summed E-state index contributed by atoms with van der Waals surface area (Å²) in [6, 6.07) is 11.8. The number of benzene rings is 1. The van der Waals surface area contributed by atoms with Crippen LogP contribution in [0.4, 0.5) is 0 Å². The summed E-state index contributed by atoms with van der Waals surface area (Å²) in [5, 5.41) is 11.4. The molecule has 1 N–H and O–H groups in total. The Kier molecular flexibility index (Phi) is 4.15. The molecule has 0 spiro atoms. The molecular weight excluding hydrogens is 328 g/mol. The van der Waals surface area contributed by atoms with Crippen LogP contribution in [0.15, 0.2) is 58.1 Å². The van der Waals surface area contributed by atoms with E-state index in [1.807, 2.05) is 42.5 Å². The highest BCUT2D eigenvalue weighted by molar-refractivity contribution is 5.98. The summed E-state index contributed by atoms with van der Waals surface area (Å²) < 4.78 is 5.44. The van der Waals surface area contributed by atoms with E-state index in [4.69, 9.17) is 4.52 Å². The van der Waals surface area contributed by atoms with Crippen LogP contribution >= 0.6 is 0 Å². The summed E-state index contributed by atoms with van der Waals surface area (Å²) >= 11 is 0. The number of hydrogen-bond acceptors (Lipinski definition) is 5. The van der Waals surface area contributed by atoms with Crippen molar-refractivity contribution < 1.29 is 4.52 Å². The Morgan fingerprint density at radius 1 is 1.15 bits per heavy atom. The van der Waals surface area contributed by atoms with Crippen molar-refractivity contribution in [2.75, 3.05) is 0 Å². The van der Waals surface area contributed by atoms with Crippen LogP contribution in [0.1, 0.15) is 23.8 Å². The highest BCUT2D eigenvalue weighted by Gasteiger charge is 2.18. The van der Waals surface area contributed by atoms with E-state index in [-0.39, 0.29) is 11.1 Å². The molecule has 0 saturated heterocycles. The van der Waals surface area contributed by atoms with E-state index in [0.717, 1.165) is 23.1 Å². The van der Waals surface area contributed by atoms with Crippen LogP contribution in [-0.4, -0.2) is 20.3 Å². The smallest absolute Gasteiger partial charge is 0.294 e. The molecule has 26 heavy (non-hydrogen) atoms. The Morgan fingerprint density at radius 2 is 2.04 bits per heavy atom. The number of aryl methyl sites for hydroxylation is 1. The van der Waals surface area contributed by atoms with Crippen LogP contribution in [0, 0.1) is 0 Å². The van der Waals surface area contributed by atoms with E-state index in [2.05, 4.69) is 27.3 Å². The molecule has 0 radical (unpaired) electrons. The summed E-state index contributed by atoms with van der Waals surface area (Å²) in [5.74, 6) is 0.489. The second-order valence-corrected chi connectivity index (χ2v) is 5.80. The monoisotopic (exact) mass is 344 g/mol. The fourth-order valence-corrected chi connectivity index (χ4v) is 2.92. The summed E-state index contributed by atoms with van der Waals surface area (Å²) in [6.45, 7) is 2.08. The molecule has 4 aromatic rings. The quantitative estimate of drug-likeness (QED) is 0.610. The molecular formula is C20H16N4O2. The molecule has 6 heteroatoms. The molecule has 0 atom stereocenters. The van der Waals surface area contributed by atoms with Crippen molar-refractivity contribution in [2.24, 2.45) is 0 Å². The van der Waals surface area contributed by atoms with Crippen LogP contribution in [0.2, 0.25) is 0 Å². The van der Waals surface area contributed by atoms with Crippen LogP contribution in [0.5, 0.6) is 0 Å². The van der Waals surface area contributed by atoms with Crippen LogP contribution < -0.4 is 5.56 Å². The zero-order valence-electron chi connectivity index (χ0n) is 14.1. The van der Waals surface area contributed by atoms with Crippen LogP contribution in [0.25, 0.3) is 34.3 Å². The lowest BCUT2D eigenvalue weighted by Gasteiger charge is -2.07. The number of nitrogens with one attached hydrogen (secondary N) is 1. The average Bonchev–Trinajstić information content (AvgIpc) is 3.12. The fourth-order valence-electron chi connectivity index (χ4n) is 2.92. The first-order chi connectivity index (χ1) is 12.8. The third-order valence-electron chi connectivity index (χ3n) is 4.20. The number of pyridine rings is 1. The summed E-state index contributed by atoms with van der Waals surface area (Å²) in [4.78, 5) is 16.2. The predicted molar refractivity (Wildman–Crippen MR) is 100 cm³/mol. The maximum Gasteiger partial charge on any atom is 0.294 e. The molecule has 0 unspecified atom stereocenters. The van der Waals surface area contributed by atoms with E-state index in [9.17, 15) is 4.79 Å². The number of nitrogens with zero attached hydrogens (tertiary/aromatic N) is 3. The van der Waals surface area contributed by atoms with Gasteiger partial charge in [0.25, 0.3) is 5.56 Å². The van der Waals surface area contributed by atoms with Gasteiger partial charge < -0.3 is 4.52 Å². The average molecular weight is 344 g/mol. The SMILES string of the molecule is CCc1ccccc1-c1n[nH]c(=O)c2noc(C=Cc3cccnc3)c12. The first-order valence-corrected chi connectivity index (χ1v) is 8.32. The zero-order valence-corrected chi connectivity index (χ0v) is 14.1. The van der Waals surface area contributed by atoms with E-state index >= 15 is 0 Å². The van der Waals surface area contributed by atoms with Gasteiger partial charge in [0.1, 0.15) is 5.69 Å². The Balaban J connectivity index is 1.92. The molecule has 4 rings (SSSR count). The lowest BCUT2D eigenvalue weighted by atomic mass is 9.99. The summed E-state index contributed by atoms with van der Waals surface area (Å²) in [6.07, 6.45) is 7.96. The molecule has 0 amide bonds. The minimum atomic E-state index is -0.373. The number of H-pyrrole nitrogens is 1. The Morgan fingerprint density at radius 3 is 2.85 bits per heavy atom. The molecule has 6 nitrogen and oxygen atoms in total. The highest BCUT2D eigenvalue weighted by Crippen LogP contribution is 2.30. The van der Waals surface area contributed by atoms with E-state index in [1.54, 1.807) is 18.5 Å². The van der Waals surface area contributed by atoms with Crippen molar-refractivity contribution in [2.45, 2.75) is 13.3 Å². The van der Waals surface area contributed by atoms with Gasteiger partial charge in [0.2, 0.25) is 0 Å². The predicted octanol–water partition coefficient (Wildman–Crippen LogP) is 3.71. The topological polar surface area (TPSA) is 84.7 Å². The second kappa shape index (κ2) is 6.76. The molecule has 3 heterocycles. The lowest BCUT2D eigenvalue weighted by molar-refractivity contribution is 0.421. The fraction of sp³-hybridized carbons (Fsp3) is 0.100. The van der Waals surface area contributed by atoms with Gasteiger partial charge >= 0.3 is 0 Å². The van der Waals surface area contributed by atoms with Crippen molar-refractivity contribution >= 4 is 23.1 Å². The number of aromatic nitrogens is 4. The number of fused-ring (bicyclic) bond motifs is 1. The molecule has 1 aromatic carbocycles. The van der Waals surface area contributed by atoms with Crippen molar-refractivity contribution in [1.82, 2.24) is 20.3 Å². The molecule has 0 fully saturated rings. The van der Waals surface area contributed by atoms with Gasteiger partial charge in [-0.2, -0.15) is 5.10 Å². The number of aromatic amines is 1. The number of hydrogen-bond donors (Lipinski definition) is 1. The van der Waals surface area contributed by atoms with Crippen LogP contribution in [-0.2, 0) is 6.42 Å². The lowest BCUT2D eigenvalue weighted by Crippen LogP contribution is -2.09.